The molecule has 7 nitrogen and oxygen atoms in total. The van der Waals surface area contributed by atoms with Crippen LogP contribution in [0.3, 0.4) is 0 Å². The molecule has 0 bridgehead atoms. The Kier molecular flexibility index (Phi) is 4.85. The van der Waals surface area contributed by atoms with Gasteiger partial charge in [0.15, 0.2) is 6.10 Å². The fraction of sp³-hybridized carbons (Fsp3) is 0.200. The summed E-state index contributed by atoms with van der Waals surface area (Å²) in [7, 11) is 0. The zero-order chi connectivity index (χ0) is 17.0. The Bertz CT molecular complexity index is 751. The van der Waals surface area contributed by atoms with E-state index in [-0.39, 0.29) is 11.4 Å². The number of aryl methyl sites for hydroxylation is 1. The van der Waals surface area contributed by atoms with Crippen LogP contribution in [0, 0.1) is 22.9 Å². The van der Waals surface area contributed by atoms with Gasteiger partial charge in [0, 0.05) is 6.92 Å². The minimum Gasteiger partial charge on any atom is -0.473 e. The third kappa shape index (κ3) is 4.00. The number of aromatic nitrogens is 1. The number of pyridine rings is 1. The zero-order valence-corrected chi connectivity index (χ0v) is 12.4. The summed E-state index contributed by atoms with van der Waals surface area (Å²) in [6.07, 6.45) is -1.07. The Balaban J connectivity index is 2.13. The van der Waals surface area contributed by atoms with Gasteiger partial charge < -0.3 is 20.2 Å². The number of carbonyl (C=O) groups is 1. The second kappa shape index (κ2) is 6.82. The van der Waals surface area contributed by atoms with E-state index in [2.05, 4.69) is 10.3 Å². The third-order valence-electron chi connectivity index (χ3n) is 2.96. The average molecular weight is 319 g/mol. The van der Waals surface area contributed by atoms with Gasteiger partial charge >= 0.3 is 5.82 Å². The normalized spacial score (nSPS) is 11.6. The van der Waals surface area contributed by atoms with Crippen LogP contribution < -0.4 is 10.1 Å². The van der Waals surface area contributed by atoms with Gasteiger partial charge in [-0.1, -0.05) is 12.1 Å². The third-order valence-corrected chi connectivity index (χ3v) is 2.96. The number of hydrogen-bond donors (Lipinski definition) is 1. The second-order valence-electron chi connectivity index (χ2n) is 4.76. The number of halogens is 1. The minimum atomic E-state index is -1.07. The van der Waals surface area contributed by atoms with Crippen LogP contribution in [0.2, 0.25) is 0 Å². The molecule has 1 atom stereocenters. The standard InChI is InChI=1S/C15H14FN3O4/c1-9-7-8-13(14(17-9)19(21)22)23-10(2)15(20)18-12-6-4-3-5-11(12)16/h3-8,10H,1-2H3,(H,18,20). The van der Waals surface area contributed by atoms with E-state index in [0.717, 1.165) is 0 Å². The van der Waals surface area contributed by atoms with Crippen LogP contribution in [0.5, 0.6) is 5.75 Å². The lowest BCUT2D eigenvalue weighted by Gasteiger charge is -2.14. The van der Waals surface area contributed by atoms with Crippen LogP contribution in [-0.4, -0.2) is 21.9 Å². The predicted octanol–water partition coefficient (Wildman–Crippen LogP) is 2.84. The highest BCUT2D eigenvalue weighted by atomic mass is 19.1. The van der Waals surface area contributed by atoms with Gasteiger partial charge in [-0.3, -0.25) is 4.79 Å². The fourth-order valence-corrected chi connectivity index (χ4v) is 1.79. The first kappa shape index (κ1) is 16.3. The van der Waals surface area contributed by atoms with Crippen molar-refractivity contribution in [2.24, 2.45) is 0 Å². The Morgan fingerprint density at radius 2 is 2.04 bits per heavy atom. The van der Waals surface area contributed by atoms with Crippen LogP contribution in [-0.2, 0) is 4.79 Å². The molecule has 0 fully saturated rings. The van der Waals surface area contributed by atoms with Crippen molar-refractivity contribution in [1.82, 2.24) is 4.98 Å². The first-order valence-corrected chi connectivity index (χ1v) is 6.72. The van der Waals surface area contributed by atoms with E-state index < -0.39 is 28.6 Å². The molecule has 0 aliphatic heterocycles. The Morgan fingerprint density at radius 1 is 1.35 bits per heavy atom. The maximum Gasteiger partial charge on any atom is 0.406 e. The lowest BCUT2D eigenvalue weighted by Crippen LogP contribution is -2.30. The number of nitrogens with one attached hydrogen (secondary N) is 1. The molecule has 2 rings (SSSR count). The number of nitrogens with zero attached hydrogens (tertiary/aromatic N) is 2. The van der Waals surface area contributed by atoms with E-state index in [9.17, 15) is 19.3 Å². The summed E-state index contributed by atoms with van der Waals surface area (Å²) < 4.78 is 18.8. The van der Waals surface area contributed by atoms with Crippen LogP contribution in [0.25, 0.3) is 0 Å². The molecule has 1 unspecified atom stereocenters. The topological polar surface area (TPSA) is 94.4 Å². The highest BCUT2D eigenvalue weighted by molar-refractivity contribution is 5.94. The maximum absolute atomic E-state index is 13.5. The number of amides is 1. The Morgan fingerprint density at radius 3 is 2.70 bits per heavy atom. The first-order chi connectivity index (χ1) is 10.9. The molecule has 1 aromatic carbocycles. The highest BCUT2D eigenvalue weighted by Crippen LogP contribution is 2.25. The van der Waals surface area contributed by atoms with E-state index in [1.165, 1.54) is 37.3 Å². The van der Waals surface area contributed by atoms with Gasteiger partial charge in [0.25, 0.3) is 5.91 Å². The highest BCUT2D eigenvalue weighted by Gasteiger charge is 2.23. The Hall–Kier alpha value is -3.03. The van der Waals surface area contributed by atoms with Crippen LogP contribution in [0.1, 0.15) is 12.6 Å². The van der Waals surface area contributed by atoms with Crippen molar-refractivity contribution in [3.05, 3.63) is 58.0 Å². The van der Waals surface area contributed by atoms with Gasteiger partial charge in [0.1, 0.15) is 11.5 Å². The van der Waals surface area contributed by atoms with E-state index in [1.807, 2.05) is 0 Å². The number of nitro groups is 1. The average Bonchev–Trinajstić information content (AvgIpc) is 2.51. The SMILES string of the molecule is Cc1ccc(OC(C)C(=O)Nc2ccccc2F)c([N+](=O)[O-])n1. The minimum absolute atomic E-state index is 0.00415. The molecule has 1 heterocycles. The quantitative estimate of drug-likeness (QED) is 0.675. The maximum atomic E-state index is 13.5. The molecule has 2 aromatic rings. The molecule has 0 aliphatic rings. The van der Waals surface area contributed by atoms with Crippen LogP contribution >= 0.6 is 0 Å². The van der Waals surface area contributed by atoms with Gasteiger partial charge in [-0.2, -0.15) is 0 Å². The largest absolute Gasteiger partial charge is 0.473 e. The molecule has 0 radical (unpaired) electrons. The molecule has 1 amide bonds. The fourth-order valence-electron chi connectivity index (χ4n) is 1.79. The predicted molar refractivity (Wildman–Crippen MR) is 80.7 cm³/mol. The number of ether oxygens (including phenoxy) is 1. The summed E-state index contributed by atoms with van der Waals surface area (Å²) in [5.41, 5.74) is 0.456. The van der Waals surface area contributed by atoms with Crippen molar-refractivity contribution < 1.29 is 18.8 Å². The molecule has 0 saturated carbocycles. The van der Waals surface area contributed by atoms with E-state index >= 15 is 0 Å². The number of anilines is 1. The van der Waals surface area contributed by atoms with E-state index in [4.69, 9.17) is 4.74 Å². The molecule has 0 spiro atoms. The van der Waals surface area contributed by atoms with Crippen molar-refractivity contribution in [2.45, 2.75) is 20.0 Å². The Labute approximate surface area is 131 Å². The summed E-state index contributed by atoms with van der Waals surface area (Å²) in [6.45, 7) is 3.00. The van der Waals surface area contributed by atoms with Crippen LogP contribution in [0.15, 0.2) is 36.4 Å². The monoisotopic (exact) mass is 319 g/mol. The van der Waals surface area contributed by atoms with Crippen molar-refractivity contribution >= 4 is 17.4 Å². The van der Waals surface area contributed by atoms with Gasteiger partial charge in [-0.15, -0.1) is 0 Å². The van der Waals surface area contributed by atoms with E-state index in [1.54, 1.807) is 13.0 Å². The summed E-state index contributed by atoms with van der Waals surface area (Å²) in [5, 5.41) is 13.3. The summed E-state index contributed by atoms with van der Waals surface area (Å²) in [5.74, 6) is -1.83. The number of para-hydroxylation sites is 1. The van der Waals surface area contributed by atoms with Gasteiger partial charge in [-0.05, 0) is 41.1 Å². The molecule has 23 heavy (non-hydrogen) atoms. The van der Waals surface area contributed by atoms with Gasteiger partial charge in [0.2, 0.25) is 5.75 Å². The van der Waals surface area contributed by atoms with Crippen LogP contribution in [0.4, 0.5) is 15.9 Å². The van der Waals surface area contributed by atoms with Crippen molar-refractivity contribution in [2.75, 3.05) is 5.32 Å². The summed E-state index contributed by atoms with van der Waals surface area (Å²) in [6, 6.07) is 8.56. The summed E-state index contributed by atoms with van der Waals surface area (Å²) in [4.78, 5) is 26.1. The molecule has 1 N–H and O–H groups in total. The molecule has 0 aliphatic carbocycles. The van der Waals surface area contributed by atoms with E-state index in [0.29, 0.717) is 5.69 Å². The van der Waals surface area contributed by atoms with Crippen molar-refractivity contribution in [3.63, 3.8) is 0 Å². The molecular formula is C15H14FN3O4. The molecule has 1 aromatic heterocycles. The van der Waals surface area contributed by atoms with Crippen molar-refractivity contribution in [1.29, 1.82) is 0 Å². The molecular weight excluding hydrogens is 305 g/mol. The van der Waals surface area contributed by atoms with Crippen molar-refractivity contribution in [3.8, 4) is 5.75 Å². The number of rotatable bonds is 5. The number of carbonyl (C=O) groups excluding carboxylic acids is 1. The van der Waals surface area contributed by atoms with Gasteiger partial charge in [0.05, 0.1) is 5.69 Å². The lowest BCUT2D eigenvalue weighted by molar-refractivity contribution is -0.390. The molecule has 0 saturated heterocycles. The molecule has 8 heteroatoms. The lowest BCUT2D eigenvalue weighted by atomic mass is 10.3. The first-order valence-electron chi connectivity index (χ1n) is 6.72. The second-order valence-corrected chi connectivity index (χ2v) is 4.76. The molecule has 120 valence electrons. The smallest absolute Gasteiger partial charge is 0.406 e. The number of hydrogen-bond acceptors (Lipinski definition) is 5. The number of benzene rings is 1. The summed E-state index contributed by atoms with van der Waals surface area (Å²) >= 11 is 0. The zero-order valence-electron chi connectivity index (χ0n) is 12.4. The van der Waals surface area contributed by atoms with Gasteiger partial charge in [-0.25, -0.2) is 4.39 Å².